The molecule has 0 bridgehead atoms. The maximum Gasteiger partial charge on any atom is 0.343 e. The van der Waals surface area contributed by atoms with Crippen LogP contribution in [0.25, 0.3) is 11.1 Å². The fraction of sp³-hybridized carbons (Fsp3) is 0.0714. The van der Waals surface area contributed by atoms with Crippen molar-refractivity contribution in [3.8, 4) is 11.1 Å². The second-order valence-electron chi connectivity index (χ2n) is 3.80. The highest BCUT2D eigenvalue weighted by Gasteiger charge is 2.21. The van der Waals surface area contributed by atoms with Crippen molar-refractivity contribution in [1.82, 2.24) is 0 Å². The number of benzene rings is 2. The van der Waals surface area contributed by atoms with Crippen molar-refractivity contribution in [1.29, 1.82) is 0 Å². The van der Waals surface area contributed by atoms with Crippen molar-refractivity contribution in [3.05, 3.63) is 59.9 Å². The minimum Gasteiger partial charge on any atom is -0.479 e. The van der Waals surface area contributed by atoms with Crippen LogP contribution in [0.3, 0.4) is 0 Å². The quantitative estimate of drug-likeness (QED) is 0.901. The van der Waals surface area contributed by atoms with E-state index in [4.69, 9.17) is 5.11 Å². The van der Waals surface area contributed by atoms with Gasteiger partial charge in [0, 0.05) is 5.56 Å². The fourth-order valence-electron chi connectivity index (χ4n) is 1.77. The summed E-state index contributed by atoms with van der Waals surface area (Å²) in [6, 6.07) is 11.8. The highest BCUT2D eigenvalue weighted by molar-refractivity contribution is 5.79. The number of aliphatic carboxylic acids is 1. The van der Waals surface area contributed by atoms with Crippen molar-refractivity contribution in [2.24, 2.45) is 0 Å². The Hall–Kier alpha value is -2.23. The SMILES string of the molecule is O=C(O)C(F)c1ccccc1-c1cccc(F)c1. The van der Waals surface area contributed by atoms with Gasteiger partial charge in [-0.3, -0.25) is 0 Å². The van der Waals surface area contributed by atoms with Gasteiger partial charge in [0.1, 0.15) is 5.82 Å². The van der Waals surface area contributed by atoms with Crippen molar-refractivity contribution >= 4 is 5.97 Å². The van der Waals surface area contributed by atoms with E-state index in [0.717, 1.165) is 0 Å². The second kappa shape index (κ2) is 4.96. The average Bonchev–Trinajstić information content (AvgIpc) is 2.38. The molecule has 0 saturated heterocycles. The van der Waals surface area contributed by atoms with Gasteiger partial charge < -0.3 is 5.11 Å². The molecule has 0 aliphatic heterocycles. The Labute approximate surface area is 103 Å². The molecule has 4 heteroatoms. The maximum absolute atomic E-state index is 13.6. The minimum absolute atomic E-state index is 0.0237. The van der Waals surface area contributed by atoms with Gasteiger partial charge in [-0.1, -0.05) is 36.4 Å². The normalized spacial score (nSPS) is 12.1. The van der Waals surface area contributed by atoms with Crippen LogP contribution in [0.2, 0.25) is 0 Å². The molecule has 1 unspecified atom stereocenters. The predicted octanol–water partition coefficient (Wildman–Crippen LogP) is 3.59. The Kier molecular flexibility index (Phi) is 3.37. The number of rotatable bonds is 3. The number of hydrogen-bond acceptors (Lipinski definition) is 1. The van der Waals surface area contributed by atoms with Crippen LogP contribution in [0, 0.1) is 5.82 Å². The van der Waals surface area contributed by atoms with Gasteiger partial charge in [-0.05, 0) is 23.3 Å². The summed E-state index contributed by atoms with van der Waals surface area (Å²) in [5.74, 6) is -2.01. The van der Waals surface area contributed by atoms with Gasteiger partial charge in [-0.2, -0.15) is 0 Å². The molecule has 2 aromatic rings. The molecule has 92 valence electrons. The lowest BCUT2D eigenvalue weighted by molar-refractivity contribution is -0.143. The molecule has 0 radical (unpaired) electrons. The van der Waals surface area contributed by atoms with E-state index in [1.807, 2.05) is 0 Å². The van der Waals surface area contributed by atoms with E-state index in [1.165, 1.54) is 24.3 Å². The molecule has 0 amide bonds. The fourth-order valence-corrected chi connectivity index (χ4v) is 1.77. The molecule has 0 saturated carbocycles. The molecular weight excluding hydrogens is 238 g/mol. The van der Waals surface area contributed by atoms with E-state index < -0.39 is 18.0 Å². The molecular formula is C14H10F2O2. The van der Waals surface area contributed by atoms with Crippen molar-refractivity contribution in [3.63, 3.8) is 0 Å². The van der Waals surface area contributed by atoms with Crippen LogP contribution >= 0.6 is 0 Å². The summed E-state index contributed by atoms with van der Waals surface area (Å²) in [6.07, 6.45) is -2.12. The summed E-state index contributed by atoms with van der Waals surface area (Å²) < 4.78 is 26.7. The third-order valence-electron chi connectivity index (χ3n) is 2.59. The molecule has 2 aromatic carbocycles. The van der Waals surface area contributed by atoms with Gasteiger partial charge in [0.2, 0.25) is 6.17 Å². The number of hydrogen-bond donors (Lipinski definition) is 1. The van der Waals surface area contributed by atoms with E-state index in [1.54, 1.807) is 24.3 Å². The largest absolute Gasteiger partial charge is 0.479 e. The molecule has 18 heavy (non-hydrogen) atoms. The molecule has 2 nitrogen and oxygen atoms in total. The Morgan fingerprint density at radius 1 is 1.11 bits per heavy atom. The first-order chi connectivity index (χ1) is 8.59. The highest BCUT2D eigenvalue weighted by atomic mass is 19.1. The van der Waals surface area contributed by atoms with Crippen LogP contribution in [0.5, 0.6) is 0 Å². The Morgan fingerprint density at radius 3 is 2.50 bits per heavy atom. The van der Waals surface area contributed by atoms with E-state index in [0.29, 0.717) is 11.1 Å². The number of halogens is 2. The monoisotopic (exact) mass is 248 g/mol. The van der Waals surface area contributed by atoms with Crippen LogP contribution < -0.4 is 0 Å². The molecule has 0 fully saturated rings. The second-order valence-corrected chi connectivity index (χ2v) is 3.80. The minimum atomic E-state index is -2.12. The topological polar surface area (TPSA) is 37.3 Å². The van der Waals surface area contributed by atoms with Crippen molar-refractivity contribution in [2.75, 3.05) is 0 Å². The summed E-state index contributed by atoms with van der Waals surface area (Å²) in [6.45, 7) is 0. The molecule has 0 aromatic heterocycles. The highest BCUT2D eigenvalue weighted by Crippen LogP contribution is 2.30. The molecule has 1 N–H and O–H groups in total. The molecule has 1 atom stereocenters. The number of carboxylic acid groups (broad SMARTS) is 1. The molecule has 0 spiro atoms. The Bertz CT molecular complexity index is 582. The zero-order valence-corrected chi connectivity index (χ0v) is 9.31. The van der Waals surface area contributed by atoms with Crippen LogP contribution in [0.1, 0.15) is 11.7 Å². The van der Waals surface area contributed by atoms with Crippen LogP contribution in [0.4, 0.5) is 8.78 Å². The van der Waals surface area contributed by atoms with Crippen molar-refractivity contribution in [2.45, 2.75) is 6.17 Å². The molecule has 0 heterocycles. The first-order valence-corrected chi connectivity index (χ1v) is 5.31. The standard InChI is InChI=1S/C14H10F2O2/c15-10-5-3-4-9(8-10)11-6-1-2-7-12(11)13(16)14(17)18/h1-8,13H,(H,17,18). The van der Waals surface area contributed by atoms with E-state index in [-0.39, 0.29) is 5.56 Å². The van der Waals surface area contributed by atoms with E-state index in [9.17, 15) is 13.6 Å². The van der Waals surface area contributed by atoms with Gasteiger partial charge in [-0.15, -0.1) is 0 Å². The lowest BCUT2D eigenvalue weighted by Gasteiger charge is -2.10. The summed E-state index contributed by atoms with van der Waals surface area (Å²) in [5.41, 5.74) is 0.858. The molecule has 0 aliphatic carbocycles. The lowest BCUT2D eigenvalue weighted by Crippen LogP contribution is -2.07. The van der Waals surface area contributed by atoms with E-state index in [2.05, 4.69) is 0 Å². The van der Waals surface area contributed by atoms with E-state index >= 15 is 0 Å². The lowest BCUT2D eigenvalue weighted by atomic mass is 9.97. The van der Waals surface area contributed by atoms with Gasteiger partial charge in [0.15, 0.2) is 0 Å². The Morgan fingerprint density at radius 2 is 1.83 bits per heavy atom. The number of carbonyl (C=O) groups is 1. The predicted molar refractivity (Wildman–Crippen MR) is 63.3 cm³/mol. The first-order valence-electron chi connectivity index (χ1n) is 5.31. The number of carboxylic acids is 1. The summed E-state index contributed by atoms with van der Waals surface area (Å²) in [4.78, 5) is 10.7. The van der Waals surface area contributed by atoms with Crippen LogP contribution in [-0.4, -0.2) is 11.1 Å². The number of alkyl halides is 1. The third kappa shape index (κ3) is 2.37. The third-order valence-corrected chi connectivity index (χ3v) is 2.59. The van der Waals surface area contributed by atoms with Gasteiger partial charge in [0.25, 0.3) is 0 Å². The summed E-state index contributed by atoms with van der Waals surface area (Å²) >= 11 is 0. The first kappa shape index (κ1) is 12.2. The van der Waals surface area contributed by atoms with Gasteiger partial charge in [0.05, 0.1) is 0 Å². The van der Waals surface area contributed by atoms with Crippen molar-refractivity contribution < 1.29 is 18.7 Å². The maximum atomic E-state index is 13.6. The van der Waals surface area contributed by atoms with Crippen LogP contribution in [-0.2, 0) is 4.79 Å². The average molecular weight is 248 g/mol. The Balaban J connectivity index is 2.55. The zero-order chi connectivity index (χ0) is 13.1. The van der Waals surface area contributed by atoms with Gasteiger partial charge in [-0.25, -0.2) is 13.6 Å². The molecule has 0 aliphatic rings. The van der Waals surface area contributed by atoms with Gasteiger partial charge >= 0.3 is 5.97 Å². The zero-order valence-electron chi connectivity index (χ0n) is 9.31. The molecule has 2 rings (SSSR count). The summed E-state index contributed by atoms with van der Waals surface area (Å²) in [7, 11) is 0. The smallest absolute Gasteiger partial charge is 0.343 e. The summed E-state index contributed by atoms with van der Waals surface area (Å²) in [5, 5.41) is 8.71. The van der Waals surface area contributed by atoms with Crippen LogP contribution in [0.15, 0.2) is 48.5 Å².